The SMILES string of the molecule is CC(C)(C)OC(=O)N1CCC(=O)CC1.CC(C)(CN)OC(=O)C1CCNCC1. The molecular weight excluding hydrogens is 362 g/mol. The topological polar surface area (TPSA) is 111 Å². The monoisotopic (exact) mass is 399 g/mol. The molecule has 0 spiro atoms. The molecule has 8 nitrogen and oxygen atoms in total. The number of likely N-dealkylation sites (tertiary alicyclic amines) is 1. The van der Waals surface area contributed by atoms with E-state index in [-0.39, 0.29) is 23.8 Å². The molecule has 0 aromatic carbocycles. The Labute approximate surface area is 168 Å². The van der Waals surface area contributed by atoms with Crippen molar-refractivity contribution in [2.45, 2.75) is 71.5 Å². The van der Waals surface area contributed by atoms with Crippen molar-refractivity contribution in [3.05, 3.63) is 0 Å². The quantitative estimate of drug-likeness (QED) is 0.697. The van der Waals surface area contributed by atoms with Crippen molar-refractivity contribution >= 4 is 17.8 Å². The van der Waals surface area contributed by atoms with Gasteiger partial charge in [-0.05, 0) is 60.5 Å². The average molecular weight is 400 g/mol. The third kappa shape index (κ3) is 9.50. The highest BCUT2D eigenvalue weighted by atomic mass is 16.6. The summed E-state index contributed by atoms with van der Waals surface area (Å²) in [6.07, 6.45) is 2.35. The Bertz CT molecular complexity index is 526. The lowest BCUT2D eigenvalue weighted by molar-refractivity contribution is -0.161. The predicted octanol–water partition coefficient (Wildman–Crippen LogP) is 1.85. The zero-order valence-electron chi connectivity index (χ0n) is 18.0. The van der Waals surface area contributed by atoms with E-state index in [1.54, 1.807) is 4.90 Å². The summed E-state index contributed by atoms with van der Waals surface area (Å²) >= 11 is 0. The van der Waals surface area contributed by atoms with Gasteiger partial charge in [0.05, 0.1) is 5.92 Å². The number of piperidine rings is 2. The van der Waals surface area contributed by atoms with Crippen LogP contribution in [0.2, 0.25) is 0 Å². The van der Waals surface area contributed by atoms with E-state index in [1.165, 1.54) is 0 Å². The van der Waals surface area contributed by atoms with Crippen LogP contribution in [0, 0.1) is 5.92 Å². The van der Waals surface area contributed by atoms with E-state index in [0.29, 0.717) is 32.5 Å². The molecule has 0 aromatic rings. The van der Waals surface area contributed by atoms with Gasteiger partial charge in [0.1, 0.15) is 17.0 Å². The molecule has 2 saturated heterocycles. The van der Waals surface area contributed by atoms with E-state index in [0.717, 1.165) is 25.9 Å². The summed E-state index contributed by atoms with van der Waals surface area (Å²) in [4.78, 5) is 35.7. The number of hydrogen-bond acceptors (Lipinski definition) is 7. The van der Waals surface area contributed by atoms with E-state index >= 15 is 0 Å². The van der Waals surface area contributed by atoms with Gasteiger partial charge in [0.25, 0.3) is 0 Å². The van der Waals surface area contributed by atoms with Crippen LogP contribution in [0.4, 0.5) is 4.79 Å². The number of nitrogens with two attached hydrogens (primary N) is 1. The second-order valence-corrected chi connectivity index (χ2v) is 8.92. The maximum atomic E-state index is 11.7. The maximum Gasteiger partial charge on any atom is 0.410 e. The second kappa shape index (κ2) is 10.8. The molecule has 2 aliphatic rings. The molecule has 0 aliphatic carbocycles. The zero-order valence-corrected chi connectivity index (χ0v) is 18.0. The van der Waals surface area contributed by atoms with Gasteiger partial charge in [-0.25, -0.2) is 4.79 Å². The van der Waals surface area contributed by atoms with E-state index in [4.69, 9.17) is 15.2 Å². The van der Waals surface area contributed by atoms with Crippen molar-refractivity contribution in [1.29, 1.82) is 0 Å². The Balaban J connectivity index is 0.000000280. The highest BCUT2D eigenvalue weighted by molar-refractivity contribution is 5.81. The lowest BCUT2D eigenvalue weighted by atomic mass is 9.98. The second-order valence-electron chi connectivity index (χ2n) is 8.92. The first-order valence-electron chi connectivity index (χ1n) is 10.1. The van der Waals surface area contributed by atoms with Crippen LogP contribution >= 0.6 is 0 Å². The number of carbonyl (C=O) groups is 3. The predicted molar refractivity (Wildman–Crippen MR) is 107 cm³/mol. The van der Waals surface area contributed by atoms with Crippen LogP contribution in [0.1, 0.15) is 60.3 Å². The van der Waals surface area contributed by atoms with Crippen molar-refractivity contribution in [2.24, 2.45) is 11.7 Å². The summed E-state index contributed by atoms with van der Waals surface area (Å²) in [6, 6.07) is 0. The number of hydrogen-bond donors (Lipinski definition) is 2. The van der Waals surface area contributed by atoms with Crippen LogP contribution in [0.25, 0.3) is 0 Å². The van der Waals surface area contributed by atoms with Crippen LogP contribution in [0.15, 0.2) is 0 Å². The number of carbonyl (C=O) groups excluding carboxylic acids is 3. The fourth-order valence-electron chi connectivity index (χ4n) is 2.72. The molecule has 0 saturated carbocycles. The Morgan fingerprint density at radius 2 is 1.61 bits per heavy atom. The number of ether oxygens (including phenoxy) is 2. The van der Waals surface area contributed by atoms with Crippen LogP contribution in [0.5, 0.6) is 0 Å². The van der Waals surface area contributed by atoms with Crippen LogP contribution in [-0.4, -0.2) is 66.7 Å². The lowest BCUT2D eigenvalue weighted by Gasteiger charge is -2.29. The molecule has 8 heteroatoms. The average Bonchev–Trinajstić information content (AvgIpc) is 2.62. The minimum Gasteiger partial charge on any atom is -0.458 e. The van der Waals surface area contributed by atoms with Gasteiger partial charge in [-0.3, -0.25) is 9.59 Å². The summed E-state index contributed by atoms with van der Waals surface area (Å²) in [5.41, 5.74) is 4.51. The number of rotatable bonds is 3. The van der Waals surface area contributed by atoms with Gasteiger partial charge >= 0.3 is 12.1 Å². The van der Waals surface area contributed by atoms with Gasteiger partial charge in [0.2, 0.25) is 0 Å². The number of amides is 1. The third-order valence-corrected chi connectivity index (χ3v) is 4.51. The van der Waals surface area contributed by atoms with Gasteiger partial charge in [-0.2, -0.15) is 0 Å². The Morgan fingerprint density at radius 3 is 2.07 bits per heavy atom. The highest BCUT2D eigenvalue weighted by Gasteiger charge is 2.28. The van der Waals surface area contributed by atoms with Crippen molar-refractivity contribution in [3.63, 3.8) is 0 Å². The molecule has 28 heavy (non-hydrogen) atoms. The number of esters is 1. The number of Topliss-reactive ketones (excluding diaryl/α,β-unsaturated/α-hetero) is 1. The smallest absolute Gasteiger partial charge is 0.410 e. The molecule has 3 N–H and O–H groups in total. The number of ketones is 1. The van der Waals surface area contributed by atoms with Crippen molar-refractivity contribution < 1.29 is 23.9 Å². The van der Waals surface area contributed by atoms with E-state index in [2.05, 4.69) is 5.32 Å². The van der Waals surface area contributed by atoms with Crippen molar-refractivity contribution in [1.82, 2.24) is 10.2 Å². The fraction of sp³-hybridized carbons (Fsp3) is 0.850. The molecule has 2 aliphatic heterocycles. The molecule has 1 amide bonds. The summed E-state index contributed by atoms with van der Waals surface area (Å²) in [6.45, 7) is 12.3. The molecule has 0 unspecified atom stereocenters. The van der Waals surface area contributed by atoms with Crippen molar-refractivity contribution in [3.8, 4) is 0 Å². The van der Waals surface area contributed by atoms with E-state index in [9.17, 15) is 14.4 Å². The Hall–Kier alpha value is -1.67. The molecule has 0 aromatic heterocycles. The highest BCUT2D eigenvalue weighted by Crippen LogP contribution is 2.17. The Morgan fingerprint density at radius 1 is 1.07 bits per heavy atom. The van der Waals surface area contributed by atoms with Crippen LogP contribution in [0.3, 0.4) is 0 Å². The minimum atomic E-state index is -0.526. The first-order chi connectivity index (χ1) is 12.9. The number of nitrogens with zero attached hydrogens (tertiary/aromatic N) is 1. The molecule has 162 valence electrons. The Kier molecular flexibility index (Phi) is 9.36. The minimum absolute atomic E-state index is 0.0575. The zero-order chi connectivity index (χ0) is 21.4. The molecule has 2 fully saturated rings. The third-order valence-electron chi connectivity index (χ3n) is 4.51. The first kappa shape index (κ1) is 24.4. The van der Waals surface area contributed by atoms with Gasteiger partial charge in [0.15, 0.2) is 0 Å². The fourth-order valence-corrected chi connectivity index (χ4v) is 2.72. The van der Waals surface area contributed by atoms with Crippen LogP contribution in [-0.2, 0) is 19.1 Å². The summed E-state index contributed by atoms with van der Waals surface area (Å²) in [5.74, 6) is 0.189. The summed E-state index contributed by atoms with van der Waals surface area (Å²) < 4.78 is 10.5. The molecule has 0 bridgehead atoms. The standard InChI is InChI=1S/C10H20N2O2.C10H17NO3/c1-10(2,7-11)14-9(13)8-3-5-12-6-4-8;1-10(2,3)14-9(13)11-6-4-8(12)5-7-11/h8,12H,3-7,11H2,1-2H3;4-7H2,1-3H3. The molecular formula is C20H37N3O5. The lowest BCUT2D eigenvalue weighted by Crippen LogP contribution is -2.41. The maximum absolute atomic E-state index is 11.7. The first-order valence-corrected chi connectivity index (χ1v) is 10.1. The number of nitrogens with one attached hydrogen (secondary N) is 1. The van der Waals surface area contributed by atoms with Gasteiger partial charge in [-0.15, -0.1) is 0 Å². The molecule has 0 radical (unpaired) electrons. The van der Waals surface area contributed by atoms with Crippen LogP contribution < -0.4 is 11.1 Å². The summed E-state index contributed by atoms with van der Waals surface area (Å²) in [7, 11) is 0. The molecule has 2 heterocycles. The van der Waals surface area contributed by atoms with E-state index in [1.807, 2.05) is 34.6 Å². The largest absolute Gasteiger partial charge is 0.458 e. The van der Waals surface area contributed by atoms with Gasteiger partial charge < -0.3 is 25.4 Å². The molecule has 2 rings (SSSR count). The van der Waals surface area contributed by atoms with Gasteiger partial charge in [0, 0.05) is 32.5 Å². The molecule has 0 atom stereocenters. The summed E-state index contributed by atoms with van der Waals surface area (Å²) in [5, 5.41) is 3.21. The van der Waals surface area contributed by atoms with E-state index < -0.39 is 11.2 Å². The normalized spacial score (nSPS) is 18.8. The van der Waals surface area contributed by atoms with Crippen molar-refractivity contribution in [2.75, 3.05) is 32.7 Å². The van der Waals surface area contributed by atoms with Gasteiger partial charge in [-0.1, -0.05) is 0 Å².